The molecule has 2 rings (SSSR count). The highest BCUT2D eigenvalue weighted by atomic mass is 32.2. The molecule has 0 spiro atoms. The number of methoxy groups -OCH3 is 1. The van der Waals surface area contributed by atoms with Gasteiger partial charge in [0.15, 0.2) is 0 Å². The van der Waals surface area contributed by atoms with Crippen molar-refractivity contribution in [2.24, 2.45) is 0 Å². The molecule has 10 heteroatoms. The SMILES string of the molecule is CC[C@H](C)NC(=O)[C@H](CC)N(Cc1cccc(OC)c1)C(=O)CN(c1cccc(F)c1)S(C)(=O)=O. The Labute approximate surface area is 207 Å². The van der Waals surface area contributed by atoms with Crippen LogP contribution in [0.4, 0.5) is 10.1 Å². The van der Waals surface area contributed by atoms with E-state index >= 15 is 0 Å². The zero-order valence-electron chi connectivity index (χ0n) is 20.8. The first-order chi connectivity index (χ1) is 16.5. The Morgan fingerprint density at radius 2 is 1.77 bits per heavy atom. The van der Waals surface area contributed by atoms with Gasteiger partial charge in [-0.1, -0.05) is 32.0 Å². The number of nitrogens with one attached hydrogen (secondary N) is 1. The lowest BCUT2D eigenvalue weighted by Gasteiger charge is -2.33. The third kappa shape index (κ3) is 7.95. The van der Waals surface area contributed by atoms with E-state index in [1.54, 1.807) is 31.2 Å². The molecule has 0 bridgehead atoms. The average molecular weight is 508 g/mol. The second-order valence-electron chi connectivity index (χ2n) is 8.36. The molecule has 0 saturated heterocycles. The summed E-state index contributed by atoms with van der Waals surface area (Å²) in [6, 6.07) is 11.2. The second-order valence-corrected chi connectivity index (χ2v) is 10.3. The Balaban J connectivity index is 2.45. The normalized spacial score (nSPS) is 13.0. The second kappa shape index (κ2) is 12.5. The molecule has 35 heavy (non-hydrogen) atoms. The van der Waals surface area contributed by atoms with E-state index in [0.717, 1.165) is 16.6 Å². The van der Waals surface area contributed by atoms with E-state index in [1.807, 2.05) is 13.8 Å². The largest absolute Gasteiger partial charge is 0.497 e. The Bertz CT molecular complexity index is 1130. The van der Waals surface area contributed by atoms with Gasteiger partial charge in [-0.3, -0.25) is 13.9 Å². The molecule has 0 aliphatic heterocycles. The van der Waals surface area contributed by atoms with Gasteiger partial charge in [0.1, 0.15) is 24.2 Å². The molecule has 2 aromatic rings. The molecule has 0 unspecified atom stereocenters. The predicted octanol–water partition coefficient (Wildman–Crippen LogP) is 3.32. The number of sulfonamides is 1. The lowest BCUT2D eigenvalue weighted by molar-refractivity contribution is -0.140. The maximum Gasteiger partial charge on any atom is 0.244 e. The molecule has 0 fully saturated rings. The topological polar surface area (TPSA) is 96.0 Å². The molecular formula is C25H34FN3O5S. The van der Waals surface area contributed by atoms with Crippen molar-refractivity contribution < 1.29 is 27.1 Å². The summed E-state index contributed by atoms with van der Waals surface area (Å²) in [5, 5.41) is 2.91. The van der Waals surface area contributed by atoms with Crippen molar-refractivity contribution in [3.8, 4) is 5.75 Å². The van der Waals surface area contributed by atoms with Crippen LogP contribution in [0.1, 0.15) is 39.2 Å². The summed E-state index contributed by atoms with van der Waals surface area (Å²) in [4.78, 5) is 28.0. The Hall–Kier alpha value is -3.14. The van der Waals surface area contributed by atoms with Crippen LogP contribution < -0.4 is 14.4 Å². The van der Waals surface area contributed by atoms with Crippen molar-refractivity contribution in [2.75, 3.05) is 24.2 Å². The smallest absolute Gasteiger partial charge is 0.244 e. The standard InChI is InChI=1S/C25H34FN3O5S/c1-6-18(3)27-25(31)23(7-2)28(16-19-10-8-13-22(14-19)34-4)24(30)17-29(35(5,32)33)21-12-9-11-20(26)15-21/h8-15,18,23H,6-7,16-17H2,1-5H3,(H,27,31)/t18-,23-/m0/s1. The number of carbonyl (C=O) groups is 2. The van der Waals surface area contributed by atoms with Gasteiger partial charge in [-0.15, -0.1) is 0 Å². The number of benzene rings is 2. The molecule has 0 aliphatic carbocycles. The first-order valence-corrected chi connectivity index (χ1v) is 13.3. The third-order valence-corrected chi connectivity index (χ3v) is 6.79. The molecule has 1 N–H and O–H groups in total. The fraction of sp³-hybridized carbons (Fsp3) is 0.440. The molecular weight excluding hydrogens is 473 g/mol. The number of amides is 2. The van der Waals surface area contributed by atoms with E-state index < -0.39 is 34.3 Å². The van der Waals surface area contributed by atoms with Gasteiger partial charge in [0.25, 0.3) is 0 Å². The maximum atomic E-state index is 13.8. The van der Waals surface area contributed by atoms with Crippen molar-refractivity contribution in [3.05, 3.63) is 59.9 Å². The molecule has 2 atom stereocenters. The third-order valence-electron chi connectivity index (χ3n) is 5.65. The van der Waals surface area contributed by atoms with Crippen molar-refractivity contribution in [2.45, 2.75) is 52.2 Å². The average Bonchev–Trinajstić information content (AvgIpc) is 2.81. The van der Waals surface area contributed by atoms with Crippen molar-refractivity contribution in [1.29, 1.82) is 0 Å². The van der Waals surface area contributed by atoms with Gasteiger partial charge >= 0.3 is 0 Å². The summed E-state index contributed by atoms with van der Waals surface area (Å²) in [6.45, 7) is 5.07. The van der Waals surface area contributed by atoms with E-state index in [0.29, 0.717) is 24.2 Å². The Kier molecular flexibility index (Phi) is 10.1. The highest BCUT2D eigenvalue weighted by Crippen LogP contribution is 2.21. The fourth-order valence-corrected chi connectivity index (χ4v) is 4.41. The van der Waals surface area contributed by atoms with Gasteiger partial charge in [-0.2, -0.15) is 0 Å². The molecule has 0 aliphatic rings. The number of ether oxygens (including phenoxy) is 1. The van der Waals surface area contributed by atoms with Crippen LogP contribution in [-0.4, -0.2) is 57.1 Å². The van der Waals surface area contributed by atoms with Crippen LogP contribution in [-0.2, 0) is 26.2 Å². The number of carbonyl (C=O) groups excluding carboxylic acids is 2. The maximum absolute atomic E-state index is 13.8. The quantitative estimate of drug-likeness (QED) is 0.476. The lowest BCUT2D eigenvalue weighted by Crippen LogP contribution is -2.53. The zero-order valence-corrected chi connectivity index (χ0v) is 21.6. The van der Waals surface area contributed by atoms with Gasteiger partial charge in [-0.05, 0) is 55.7 Å². The number of halogens is 1. The first kappa shape index (κ1) is 28.1. The van der Waals surface area contributed by atoms with Gasteiger partial charge < -0.3 is 15.0 Å². The zero-order chi connectivity index (χ0) is 26.2. The van der Waals surface area contributed by atoms with Gasteiger partial charge in [0, 0.05) is 12.6 Å². The van der Waals surface area contributed by atoms with E-state index in [9.17, 15) is 22.4 Å². The summed E-state index contributed by atoms with van der Waals surface area (Å²) < 4.78 is 45.0. The highest BCUT2D eigenvalue weighted by molar-refractivity contribution is 7.92. The molecule has 0 radical (unpaired) electrons. The van der Waals surface area contributed by atoms with Gasteiger partial charge in [-0.25, -0.2) is 12.8 Å². The molecule has 2 amide bonds. The van der Waals surface area contributed by atoms with Crippen LogP contribution in [0.15, 0.2) is 48.5 Å². The molecule has 0 heterocycles. The van der Waals surface area contributed by atoms with E-state index in [2.05, 4.69) is 5.32 Å². The van der Waals surface area contributed by atoms with Crippen LogP contribution in [0, 0.1) is 5.82 Å². The first-order valence-electron chi connectivity index (χ1n) is 11.5. The summed E-state index contributed by atoms with van der Waals surface area (Å²) in [7, 11) is -2.40. The predicted molar refractivity (Wildman–Crippen MR) is 134 cm³/mol. The number of anilines is 1. The summed E-state index contributed by atoms with van der Waals surface area (Å²) >= 11 is 0. The lowest BCUT2D eigenvalue weighted by atomic mass is 10.1. The Morgan fingerprint density at radius 3 is 2.34 bits per heavy atom. The molecule has 2 aromatic carbocycles. The minimum absolute atomic E-state index is 0.0271. The summed E-state index contributed by atoms with van der Waals surface area (Å²) in [6.07, 6.45) is 1.98. The number of hydrogen-bond acceptors (Lipinski definition) is 5. The molecule has 8 nitrogen and oxygen atoms in total. The monoisotopic (exact) mass is 507 g/mol. The van der Waals surface area contributed by atoms with Crippen LogP contribution in [0.2, 0.25) is 0 Å². The van der Waals surface area contributed by atoms with E-state index in [-0.39, 0.29) is 24.2 Å². The van der Waals surface area contributed by atoms with E-state index in [4.69, 9.17) is 4.74 Å². The van der Waals surface area contributed by atoms with Crippen molar-refractivity contribution >= 4 is 27.5 Å². The van der Waals surface area contributed by atoms with Crippen molar-refractivity contribution in [1.82, 2.24) is 10.2 Å². The minimum Gasteiger partial charge on any atom is -0.497 e. The van der Waals surface area contributed by atoms with Crippen LogP contribution in [0.3, 0.4) is 0 Å². The van der Waals surface area contributed by atoms with Crippen molar-refractivity contribution in [3.63, 3.8) is 0 Å². The van der Waals surface area contributed by atoms with Crippen LogP contribution >= 0.6 is 0 Å². The van der Waals surface area contributed by atoms with Crippen LogP contribution in [0.25, 0.3) is 0 Å². The van der Waals surface area contributed by atoms with Gasteiger partial charge in [0.05, 0.1) is 19.1 Å². The summed E-state index contributed by atoms with van der Waals surface area (Å²) in [5.41, 5.74) is 0.739. The highest BCUT2D eigenvalue weighted by Gasteiger charge is 2.32. The van der Waals surface area contributed by atoms with E-state index in [1.165, 1.54) is 30.2 Å². The number of rotatable bonds is 12. The fourth-order valence-electron chi connectivity index (χ4n) is 3.57. The molecule has 0 saturated carbocycles. The number of nitrogens with zero attached hydrogens (tertiary/aromatic N) is 2. The molecule has 192 valence electrons. The number of hydrogen-bond donors (Lipinski definition) is 1. The minimum atomic E-state index is -3.92. The van der Waals surface area contributed by atoms with Gasteiger partial charge in [0.2, 0.25) is 21.8 Å². The van der Waals surface area contributed by atoms with Crippen LogP contribution in [0.5, 0.6) is 5.75 Å². The Morgan fingerprint density at radius 1 is 1.09 bits per heavy atom. The molecule has 0 aromatic heterocycles. The summed E-state index contributed by atoms with van der Waals surface area (Å²) in [5.74, 6) is -0.954.